The molecule has 0 bridgehead atoms. The summed E-state index contributed by atoms with van der Waals surface area (Å²) in [6.45, 7) is 1.73. The van der Waals surface area contributed by atoms with Crippen LogP contribution in [0.2, 0.25) is 0 Å². The van der Waals surface area contributed by atoms with Gasteiger partial charge in [-0.25, -0.2) is 8.78 Å². The fourth-order valence-electron chi connectivity index (χ4n) is 3.13. The average molecular weight is 345 g/mol. The van der Waals surface area contributed by atoms with E-state index >= 15 is 0 Å². The zero-order chi connectivity index (χ0) is 18.0. The summed E-state index contributed by atoms with van der Waals surface area (Å²) in [4.78, 5) is 12.3. The van der Waals surface area contributed by atoms with Crippen LogP contribution in [0.1, 0.15) is 30.4 Å². The highest BCUT2D eigenvalue weighted by molar-refractivity contribution is 5.83. The lowest BCUT2D eigenvalue weighted by Crippen LogP contribution is -2.43. The number of hydrogen-bond acceptors (Lipinski definition) is 2. The maximum absolute atomic E-state index is 13.8. The maximum Gasteiger partial charge on any atom is 0.224 e. The minimum Gasteiger partial charge on any atom is -0.391 e. The van der Waals surface area contributed by atoms with Crippen LogP contribution in [0.3, 0.4) is 0 Å². The second-order valence-corrected chi connectivity index (χ2v) is 6.64. The Hall–Kier alpha value is -2.27. The summed E-state index contributed by atoms with van der Waals surface area (Å²) >= 11 is 0. The number of nitrogens with one attached hydrogen (secondary N) is 1. The van der Waals surface area contributed by atoms with Crippen molar-refractivity contribution in [2.45, 2.75) is 37.8 Å². The molecule has 2 aromatic rings. The van der Waals surface area contributed by atoms with Gasteiger partial charge in [0.25, 0.3) is 0 Å². The summed E-state index contributed by atoms with van der Waals surface area (Å²) < 4.78 is 27.6. The first kappa shape index (κ1) is 17.5. The van der Waals surface area contributed by atoms with Gasteiger partial charge in [0.2, 0.25) is 5.91 Å². The van der Waals surface area contributed by atoms with Crippen molar-refractivity contribution in [3.05, 3.63) is 71.3 Å². The Kier molecular flexibility index (Phi) is 5.13. The van der Waals surface area contributed by atoms with E-state index in [0.29, 0.717) is 12.8 Å². The number of halogens is 2. The Bertz CT molecular complexity index is 730. The van der Waals surface area contributed by atoms with Gasteiger partial charge in [-0.1, -0.05) is 36.4 Å². The predicted molar refractivity (Wildman–Crippen MR) is 91.0 cm³/mol. The van der Waals surface area contributed by atoms with Crippen molar-refractivity contribution < 1.29 is 18.7 Å². The minimum absolute atomic E-state index is 0.0138. The topological polar surface area (TPSA) is 49.3 Å². The minimum atomic E-state index is -0.728. The molecule has 5 heteroatoms. The summed E-state index contributed by atoms with van der Waals surface area (Å²) in [5.41, 5.74) is 0.967. The first-order valence-electron chi connectivity index (χ1n) is 8.43. The van der Waals surface area contributed by atoms with Crippen molar-refractivity contribution in [2.24, 2.45) is 5.92 Å². The molecule has 2 aromatic carbocycles. The molecule has 0 aromatic heterocycles. The van der Waals surface area contributed by atoms with E-state index in [1.807, 2.05) is 30.3 Å². The van der Waals surface area contributed by atoms with Crippen LogP contribution in [0.15, 0.2) is 48.5 Å². The third-order valence-electron chi connectivity index (χ3n) is 4.73. The molecular weight excluding hydrogens is 324 g/mol. The van der Waals surface area contributed by atoms with E-state index in [4.69, 9.17) is 0 Å². The smallest absolute Gasteiger partial charge is 0.224 e. The quantitative estimate of drug-likeness (QED) is 0.845. The highest BCUT2D eigenvalue weighted by Gasteiger charge is 2.47. The Balaban J connectivity index is 1.56. The van der Waals surface area contributed by atoms with Crippen LogP contribution in [0.4, 0.5) is 8.78 Å². The molecule has 2 N–H and O–H groups in total. The molecule has 4 atom stereocenters. The highest BCUT2D eigenvalue weighted by Crippen LogP contribution is 2.49. The van der Waals surface area contributed by atoms with Crippen LogP contribution in [0, 0.1) is 17.6 Å². The molecule has 25 heavy (non-hydrogen) atoms. The number of rotatable bonds is 6. The predicted octanol–water partition coefficient (Wildman–Crippen LogP) is 3.18. The number of aliphatic hydroxyl groups is 1. The van der Waals surface area contributed by atoms with Crippen molar-refractivity contribution in [3.63, 3.8) is 0 Å². The molecule has 0 spiro atoms. The van der Waals surface area contributed by atoms with Gasteiger partial charge in [-0.2, -0.15) is 0 Å². The van der Waals surface area contributed by atoms with E-state index in [1.165, 1.54) is 18.2 Å². The van der Waals surface area contributed by atoms with Crippen LogP contribution in [-0.2, 0) is 11.2 Å². The normalized spacial score (nSPS) is 21.4. The molecule has 1 aliphatic carbocycles. The van der Waals surface area contributed by atoms with E-state index in [9.17, 15) is 18.7 Å². The van der Waals surface area contributed by atoms with Crippen LogP contribution < -0.4 is 5.32 Å². The van der Waals surface area contributed by atoms with Gasteiger partial charge in [0.15, 0.2) is 0 Å². The third kappa shape index (κ3) is 4.04. The molecule has 0 heterocycles. The van der Waals surface area contributed by atoms with Gasteiger partial charge in [-0.3, -0.25) is 4.79 Å². The lowest BCUT2D eigenvalue weighted by atomic mass is 10.0. The first-order chi connectivity index (χ1) is 12.0. The summed E-state index contributed by atoms with van der Waals surface area (Å²) in [5.74, 6) is -2.38. The molecule has 1 amide bonds. The van der Waals surface area contributed by atoms with E-state index in [-0.39, 0.29) is 11.5 Å². The second-order valence-electron chi connectivity index (χ2n) is 6.64. The van der Waals surface area contributed by atoms with Crippen LogP contribution in [0.25, 0.3) is 0 Å². The number of amides is 1. The SMILES string of the molecule is CC(NC(=O)C1CC1c1c(F)cccc1F)C(O)Cc1ccccc1. The lowest BCUT2D eigenvalue weighted by Gasteiger charge is -2.20. The molecule has 3 nitrogen and oxygen atoms in total. The zero-order valence-corrected chi connectivity index (χ0v) is 14.0. The number of benzene rings is 2. The second kappa shape index (κ2) is 7.31. The molecule has 1 aliphatic rings. The van der Waals surface area contributed by atoms with Crippen molar-refractivity contribution in [1.29, 1.82) is 0 Å². The van der Waals surface area contributed by atoms with Crippen LogP contribution >= 0.6 is 0 Å². The first-order valence-corrected chi connectivity index (χ1v) is 8.43. The molecule has 4 unspecified atom stereocenters. The third-order valence-corrected chi connectivity index (χ3v) is 4.73. The van der Waals surface area contributed by atoms with E-state index in [1.54, 1.807) is 6.92 Å². The molecule has 3 rings (SSSR count). The molecular formula is C20H21F2NO2. The van der Waals surface area contributed by atoms with E-state index in [0.717, 1.165) is 5.56 Å². The fraction of sp³-hybridized carbons (Fsp3) is 0.350. The molecule has 1 saturated carbocycles. The molecule has 0 saturated heterocycles. The van der Waals surface area contributed by atoms with E-state index in [2.05, 4.69) is 5.32 Å². The Morgan fingerprint density at radius 1 is 1.16 bits per heavy atom. The Morgan fingerprint density at radius 2 is 1.80 bits per heavy atom. The molecule has 0 radical (unpaired) electrons. The van der Waals surface area contributed by atoms with Crippen molar-refractivity contribution in [1.82, 2.24) is 5.32 Å². The van der Waals surface area contributed by atoms with Gasteiger partial charge >= 0.3 is 0 Å². The maximum atomic E-state index is 13.8. The van der Waals surface area contributed by atoms with Gasteiger partial charge < -0.3 is 10.4 Å². The number of carbonyl (C=O) groups excluding carboxylic acids is 1. The highest BCUT2D eigenvalue weighted by atomic mass is 19.1. The zero-order valence-electron chi connectivity index (χ0n) is 14.0. The molecule has 0 aliphatic heterocycles. The summed E-state index contributed by atoms with van der Waals surface area (Å²) in [6.07, 6.45) is 0.123. The van der Waals surface area contributed by atoms with Crippen molar-refractivity contribution >= 4 is 5.91 Å². The van der Waals surface area contributed by atoms with Crippen molar-refractivity contribution in [2.75, 3.05) is 0 Å². The number of aliphatic hydroxyl groups excluding tert-OH is 1. The Labute approximate surface area is 145 Å². The van der Waals surface area contributed by atoms with Crippen LogP contribution in [-0.4, -0.2) is 23.2 Å². The Morgan fingerprint density at radius 3 is 2.44 bits per heavy atom. The summed E-state index contributed by atoms with van der Waals surface area (Å²) in [7, 11) is 0. The van der Waals surface area contributed by atoms with Gasteiger partial charge in [0.1, 0.15) is 11.6 Å². The average Bonchev–Trinajstić information content (AvgIpc) is 3.36. The van der Waals surface area contributed by atoms with Gasteiger partial charge in [0, 0.05) is 23.8 Å². The van der Waals surface area contributed by atoms with Gasteiger partial charge in [-0.05, 0) is 31.0 Å². The standard InChI is InChI=1S/C20H21F2NO2/c1-12(18(24)10-13-6-3-2-4-7-13)23-20(25)15-11-14(15)19-16(21)8-5-9-17(19)22/h2-9,12,14-15,18,24H,10-11H2,1H3,(H,23,25). The van der Waals surface area contributed by atoms with Gasteiger partial charge in [-0.15, -0.1) is 0 Å². The van der Waals surface area contributed by atoms with Crippen molar-refractivity contribution in [3.8, 4) is 0 Å². The monoisotopic (exact) mass is 345 g/mol. The summed E-state index contributed by atoms with van der Waals surface area (Å²) in [5, 5.41) is 13.0. The molecule has 132 valence electrons. The van der Waals surface area contributed by atoms with E-state index < -0.39 is 35.6 Å². The van der Waals surface area contributed by atoms with Gasteiger partial charge in [0.05, 0.1) is 12.1 Å². The number of carbonyl (C=O) groups is 1. The largest absolute Gasteiger partial charge is 0.391 e. The number of hydrogen-bond donors (Lipinski definition) is 2. The lowest BCUT2D eigenvalue weighted by molar-refractivity contribution is -0.123. The molecule has 1 fully saturated rings. The summed E-state index contributed by atoms with van der Waals surface area (Å²) in [6, 6.07) is 12.8. The van der Waals surface area contributed by atoms with Crippen LogP contribution in [0.5, 0.6) is 0 Å². The fourth-order valence-corrected chi connectivity index (χ4v) is 3.13.